The highest BCUT2D eigenvalue weighted by molar-refractivity contribution is 8.00. The molecule has 2 rings (SSSR count). The van der Waals surface area contributed by atoms with E-state index in [0.29, 0.717) is 15.6 Å². The Morgan fingerprint density at radius 1 is 1.05 bits per heavy atom. The summed E-state index contributed by atoms with van der Waals surface area (Å²) in [4.78, 5) is 13.6. The topological polar surface area (TPSA) is 17.1 Å². The lowest BCUT2D eigenvalue weighted by Gasteiger charge is -2.12. The van der Waals surface area contributed by atoms with E-state index in [-0.39, 0.29) is 11.0 Å². The minimum Gasteiger partial charge on any atom is -0.293 e. The molecule has 0 spiro atoms. The normalized spacial score (nSPS) is 12.2. The van der Waals surface area contributed by atoms with Gasteiger partial charge in [-0.15, -0.1) is 11.8 Å². The van der Waals surface area contributed by atoms with Gasteiger partial charge in [0, 0.05) is 15.5 Å². The van der Waals surface area contributed by atoms with Gasteiger partial charge in [0.15, 0.2) is 5.78 Å². The molecule has 0 aliphatic heterocycles. The Bertz CT molecular complexity index is 682. The van der Waals surface area contributed by atoms with Crippen molar-refractivity contribution in [3.05, 3.63) is 63.1 Å². The molecule has 0 aromatic heterocycles. The molecule has 0 bridgehead atoms. The van der Waals surface area contributed by atoms with Gasteiger partial charge >= 0.3 is 0 Å². The molecule has 21 heavy (non-hydrogen) atoms. The third-order valence-corrected chi connectivity index (χ3v) is 5.00. The lowest BCUT2D eigenvalue weighted by atomic mass is 10.1. The molecule has 1 nitrogen and oxygen atoms in total. The average molecular weight is 339 g/mol. The molecule has 2 aromatic carbocycles. The van der Waals surface area contributed by atoms with Crippen LogP contribution >= 0.6 is 35.0 Å². The number of rotatable bonds is 4. The molecular formula is C17H16Cl2OS. The third-order valence-electron chi connectivity index (χ3n) is 3.36. The van der Waals surface area contributed by atoms with Gasteiger partial charge in [0.05, 0.1) is 10.3 Å². The van der Waals surface area contributed by atoms with Gasteiger partial charge < -0.3 is 0 Å². The largest absolute Gasteiger partial charge is 0.293 e. The minimum atomic E-state index is -0.203. The molecule has 0 N–H and O–H groups in total. The van der Waals surface area contributed by atoms with Gasteiger partial charge in [0.1, 0.15) is 0 Å². The molecule has 0 fully saturated rings. The fourth-order valence-corrected chi connectivity index (χ4v) is 3.49. The molecule has 1 atom stereocenters. The van der Waals surface area contributed by atoms with Crippen molar-refractivity contribution >= 4 is 40.7 Å². The monoisotopic (exact) mass is 338 g/mol. The van der Waals surface area contributed by atoms with Gasteiger partial charge in [0.25, 0.3) is 0 Å². The van der Waals surface area contributed by atoms with E-state index in [1.807, 2.05) is 13.0 Å². The van der Waals surface area contributed by atoms with Crippen LogP contribution in [0.25, 0.3) is 0 Å². The van der Waals surface area contributed by atoms with Crippen LogP contribution in [0.5, 0.6) is 0 Å². The van der Waals surface area contributed by atoms with Crippen molar-refractivity contribution in [2.75, 3.05) is 0 Å². The van der Waals surface area contributed by atoms with Crippen LogP contribution in [0, 0.1) is 13.8 Å². The zero-order chi connectivity index (χ0) is 15.6. The van der Waals surface area contributed by atoms with Crippen molar-refractivity contribution in [1.29, 1.82) is 0 Å². The second-order valence-corrected chi connectivity index (χ2v) is 7.25. The van der Waals surface area contributed by atoms with Gasteiger partial charge in [-0.2, -0.15) is 0 Å². The number of carbonyl (C=O) groups excluding carboxylic acids is 1. The summed E-state index contributed by atoms with van der Waals surface area (Å²) in [7, 11) is 0. The Morgan fingerprint density at radius 3 is 2.38 bits per heavy atom. The Hall–Kier alpha value is -0.960. The van der Waals surface area contributed by atoms with Crippen molar-refractivity contribution in [2.45, 2.75) is 30.9 Å². The second-order valence-electron chi connectivity index (χ2n) is 4.99. The average Bonchev–Trinajstić information content (AvgIpc) is 2.42. The zero-order valence-electron chi connectivity index (χ0n) is 12.1. The summed E-state index contributed by atoms with van der Waals surface area (Å²) in [6, 6.07) is 11.2. The summed E-state index contributed by atoms with van der Waals surface area (Å²) in [5, 5.41) is 0.733. The molecular weight excluding hydrogens is 323 g/mol. The summed E-state index contributed by atoms with van der Waals surface area (Å²) in [5.74, 6) is 0.0138. The highest BCUT2D eigenvalue weighted by atomic mass is 35.5. The van der Waals surface area contributed by atoms with E-state index >= 15 is 0 Å². The van der Waals surface area contributed by atoms with Crippen molar-refractivity contribution < 1.29 is 4.79 Å². The van der Waals surface area contributed by atoms with E-state index in [0.717, 1.165) is 4.90 Å². The molecule has 0 aliphatic rings. The first-order chi connectivity index (χ1) is 9.88. The van der Waals surface area contributed by atoms with Crippen LogP contribution < -0.4 is 0 Å². The number of ketones is 1. The van der Waals surface area contributed by atoms with E-state index in [1.54, 1.807) is 30.0 Å². The highest BCUT2D eigenvalue weighted by Gasteiger charge is 2.19. The molecule has 0 amide bonds. The molecule has 2 aromatic rings. The predicted molar refractivity (Wildman–Crippen MR) is 92.0 cm³/mol. The molecule has 110 valence electrons. The van der Waals surface area contributed by atoms with Crippen LogP contribution in [-0.2, 0) is 0 Å². The third kappa shape index (κ3) is 4.03. The van der Waals surface area contributed by atoms with Gasteiger partial charge in [-0.3, -0.25) is 4.79 Å². The van der Waals surface area contributed by atoms with Crippen LogP contribution in [0.15, 0.2) is 41.3 Å². The Balaban J connectivity index is 2.17. The fourth-order valence-electron chi connectivity index (χ4n) is 1.95. The molecule has 0 heterocycles. The van der Waals surface area contributed by atoms with Crippen LogP contribution in [-0.4, -0.2) is 11.0 Å². The van der Waals surface area contributed by atoms with Crippen molar-refractivity contribution in [1.82, 2.24) is 0 Å². The summed E-state index contributed by atoms with van der Waals surface area (Å²) < 4.78 is 0. The number of thioether (sulfide) groups is 1. The van der Waals surface area contributed by atoms with E-state index in [1.165, 1.54) is 11.1 Å². The number of halogens is 2. The highest BCUT2D eigenvalue weighted by Crippen LogP contribution is 2.30. The van der Waals surface area contributed by atoms with Gasteiger partial charge in [-0.1, -0.05) is 29.3 Å². The summed E-state index contributed by atoms with van der Waals surface area (Å²) in [6.45, 7) is 6.04. The van der Waals surface area contributed by atoms with Crippen LogP contribution in [0.2, 0.25) is 10.0 Å². The Labute approximate surface area is 139 Å². The van der Waals surface area contributed by atoms with E-state index in [9.17, 15) is 4.79 Å². The maximum atomic E-state index is 12.5. The molecule has 4 heteroatoms. The smallest absolute Gasteiger partial charge is 0.177 e. The number of aryl methyl sites for hydroxylation is 2. The number of Topliss-reactive ketones (excluding diaryl/α,β-unsaturated/α-hetero) is 1. The first-order valence-electron chi connectivity index (χ1n) is 6.61. The SMILES string of the molecule is Cc1ccc(SC(C)C(=O)c2ccc(Cl)cc2Cl)cc1C. The summed E-state index contributed by atoms with van der Waals surface area (Å²) >= 11 is 13.5. The quantitative estimate of drug-likeness (QED) is 0.504. The molecule has 0 saturated heterocycles. The minimum absolute atomic E-state index is 0.0138. The van der Waals surface area contributed by atoms with Crippen molar-refractivity contribution in [3.63, 3.8) is 0 Å². The van der Waals surface area contributed by atoms with Gasteiger partial charge in [-0.25, -0.2) is 0 Å². The van der Waals surface area contributed by atoms with Crippen LogP contribution in [0.1, 0.15) is 28.4 Å². The van der Waals surface area contributed by atoms with E-state index in [2.05, 4.69) is 26.0 Å². The summed E-state index contributed by atoms with van der Waals surface area (Å²) in [6.07, 6.45) is 0. The number of benzene rings is 2. The molecule has 0 aliphatic carbocycles. The second kappa shape index (κ2) is 6.87. The maximum absolute atomic E-state index is 12.5. The number of hydrogen-bond donors (Lipinski definition) is 0. The van der Waals surface area contributed by atoms with Gasteiger partial charge in [-0.05, 0) is 62.2 Å². The Kier molecular flexibility index (Phi) is 5.37. The van der Waals surface area contributed by atoms with E-state index in [4.69, 9.17) is 23.2 Å². The van der Waals surface area contributed by atoms with Crippen LogP contribution in [0.4, 0.5) is 0 Å². The van der Waals surface area contributed by atoms with Crippen molar-refractivity contribution in [2.24, 2.45) is 0 Å². The Morgan fingerprint density at radius 2 is 1.76 bits per heavy atom. The first-order valence-corrected chi connectivity index (χ1v) is 8.25. The summed E-state index contributed by atoms with van der Waals surface area (Å²) in [5.41, 5.74) is 2.99. The molecule has 0 radical (unpaired) electrons. The van der Waals surface area contributed by atoms with E-state index < -0.39 is 0 Å². The lowest BCUT2D eigenvalue weighted by molar-refractivity contribution is 0.0994. The number of hydrogen-bond acceptors (Lipinski definition) is 2. The maximum Gasteiger partial charge on any atom is 0.177 e. The fraction of sp³-hybridized carbons (Fsp3) is 0.235. The molecule has 0 saturated carbocycles. The van der Waals surface area contributed by atoms with Crippen molar-refractivity contribution in [3.8, 4) is 0 Å². The predicted octanol–water partition coefficient (Wildman–Crippen LogP) is 5.97. The first kappa shape index (κ1) is 16.4. The molecule has 1 unspecified atom stereocenters. The van der Waals surface area contributed by atoms with Gasteiger partial charge in [0.2, 0.25) is 0 Å². The zero-order valence-corrected chi connectivity index (χ0v) is 14.4. The lowest BCUT2D eigenvalue weighted by Crippen LogP contribution is -2.14. The standard InChI is InChI=1S/C17H16Cl2OS/c1-10-4-6-14(8-11(10)2)21-12(3)17(20)15-7-5-13(18)9-16(15)19/h4-9,12H,1-3H3. The number of carbonyl (C=O) groups is 1. The van der Waals surface area contributed by atoms with Crippen LogP contribution in [0.3, 0.4) is 0 Å².